The second kappa shape index (κ2) is 8.66. The maximum Gasteiger partial charge on any atom is 0.272 e. The van der Waals surface area contributed by atoms with Crippen LogP contribution in [-0.4, -0.2) is 25.2 Å². The van der Waals surface area contributed by atoms with Crippen molar-refractivity contribution in [1.29, 1.82) is 0 Å². The van der Waals surface area contributed by atoms with Gasteiger partial charge in [-0.25, -0.2) is 18.4 Å². The van der Waals surface area contributed by atoms with E-state index in [0.717, 1.165) is 34.3 Å². The smallest absolute Gasteiger partial charge is 0.272 e. The van der Waals surface area contributed by atoms with Gasteiger partial charge < -0.3 is 9.88 Å². The fraction of sp³-hybridized carbons (Fsp3) is 0.0800. The molecule has 0 radical (unpaired) electrons. The molecular formula is C25H19F2N5O. The molecule has 3 aromatic carbocycles. The third-order valence-electron chi connectivity index (χ3n) is 5.30. The SMILES string of the molecule is O=C(NCc1cccc(Cn2cnc3ccccc32)c1)c1ccn(-c2ccc(F)cc2F)n1. The molecule has 5 aromatic rings. The Balaban J connectivity index is 1.25. The number of fused-ring (bicyclic) bond motifs is 1. The third kappa shape index (κ3) is 4.36. The molecule has 2 aromatic heterocycles. The standard InChI is InChI=1S/C25H19F2N5O/c26-19-8-9-23(20(27)13-19)32-11-10-22(30-32)25(33)28-14-17-4-3-5-18(12-17)15-31-16-29-21-6-1-2-7-24(21)31/h1-13,16H,14-15H2,(H,28,33). The van der Waals surface area contributed by atoms with E-state index in [-0.39, 0.29) is 17.3 Å². The molecule has 0 spiro atoms. The number of hydrogen-bond donors (Lipinski definition) is 1. The van der Waals surface area contributed by atoms with E-state index in [0.29, 0.717) is 13.1 Å². The quantitative estimate of drug-likeness (QED) is 0.421. The van der Waals surface area contributed by atoms with Crippen molar-refractivity contribution >= 4 is 16.9 Å². The Kier molecular flexibility index (Phi) is 5.40. The molecule has 0 fully saturated rings. The molecule has 1 N–H and O–H groups in total. The van der Waals surface area contributed by atoms with Crippen LogP contribution >= 0.6 is 0 Å². The van der Waals surface area contributed by atoms with Gasteiger partial charge >= 0.3 is 0 Å². The van der Waals surface area contributed by atoms with Crippen molar-refractivity contribution < 1.29 is 13.6 Å². The number of halogens is 2. The van der Waals surface area contributed by atoms with E-state index >= 15 is 0 Å². The lowest BCUT2D eigenvalue weighted by atomic mass is 10.1. The Morgan fingerprint density at radius 3 is 2.67 bits per heavy atom. The number of amides is 1. The van der Waals surface area contributed by atoms with Crippen LogP contribution in [0, 0.1) is 11.6 Å². The van der Waals surface area contributed by atoms with Crippen LogP contribution in [0.25, 0.3) is 16.7 Å². The zero-order valence-electron chi connectivity index (χ0n) is 17.5. The van der Waals surface area contributed by atoms with Crippen molar-refractivity contribution in [2.24, 2.45) is 0 Å². The van der Waals surface area contributed by atoms with Crippen molar-refractivity contribution in [1.82, 2.24) is 24.6 Å². The van der Waals surface area contributed by atoms with E-state index in [1.807, 2.05) is 54.9 Å². The fourth-order valence-corrected chi connectivity index (χ4v) is 3.69. The van der Waals surface area contributed by atoms with Crippen LogP contribution in [0.5, 0.6) is 0 Å². The number of carbonyl (C=O) groups is 1. The van der Waals surface area contributed by atoms with Crippen LogP contribution in [0.4, 0.5) is 8.78 Å². The van der Waals surface area contributed by atoms with Gasteiger partial charge in [0.1, 0.15) is 11.5 Å². The predicted molar refractivity (Wildman–Crippen MR) is 120 cm³/mol. The molecule has 0 aliphatic heterocycles. The Labute approximate surface area is 188 Å². The van der Waals surface area contributed by atoms with Crippen LogP contribution in [-0.2, 0) is 13.1 Å². The molecule has 0 bridgehead atoms. The molecule has 0 saturated heterocycles. The van der Waals surface area contributed by atoms with Crippen LogP contribution < -0.4 is 5.32 Å². The first-order valence-electron chi connectivity index (χ1n) is 10.3. The maximum atomic E-state index is 14.0. The summed E-state index contributed by atoms with van der Waals surface area (Å²) in [5.41, 5.74) is 4.23. The summed E-state index contributed by atoms with van der Waals surface area (Å²) in [6.45, 7) is 0.977. The van der Waals surface area contributed by atoms with E-state index in [2.05, 4.69) is 20.0 Å². The van der Waals surface area contributed by atoms with Gasteiger partial charge in [-0.3, -0.25) is 4.79 Å². The lowest BCUT2D eigenvalue weighted by Crippen LogP contribution is -2.23. The van der Waals surface area contributed by atoms with Crippen LogP contribution in [0.15, 0.2) is 85.3 Å². The highest BCUT2D eigenvalue weighted by Crippen LogP contribution is 2.16. The van der Waals surface area contributed by atoms with E-state index < -0.39 is 11.6 Å². The summed E-state index contributed by atoms with van der Waals surface area (Å²) in [5, 5.41) is 6.94. The minimum Gasteiger partial charge on any atom is -0.347 e. The molecule has 0 aliphatic rings. The van der Waals surface area contributed by atoms with Crippen LogP contribution in [0.3, 0.4) is 0 Å². The van der Waals surface area contributed by atoms with E-state index in [1.54, 1.807) is 0 Å². The second-order valence-electron chi connectivity index (χ2n) is 7.61. The van der Waals surface area contributed by atoms with Gasteiger partial charge in [0.2, 0.25) is 0 Å². The minimum absolute atomic E-state index is 0.0650. The van der Waals surface area contributed by atoms with Crippen molar-refractivity contribution in [2.75, 3.05) is 0 Å². The first kappa shape index (κ1) is 20.6. The topological polar surface area (TPSA) is 64.7 Å². The van der Waals surface area contributed by atoms with Gasteiger partial charge in [-0.05, 0) is 41.5 Å². The van der Waals surface area contributed by atoms with Crippen molar-refractivity contribution in [2.45, 2.75) is 13.1 Å². The summed E-state index contributed by atoms with van der Waals surface area (Å²) in [5.74, 6) is -1.82. The molecule has 2 heterocycles. The van der Waals surface area contributed by atoms with Crippen LogP contribution in [0.2, 0.25) is 0 Å². The van der Waals surface area contributed by atoms with E-state index in [4.69, 9.17) is 0 Å². The fourth-order valence-electron chi connectivity index (χ4n) is 3.69. The summed E-state index contributed by atoms with van der Waals surface area (Å²) >= 11 is 0. The van der Waals surface area contributed by atoms with Gasteiger partial charge in [0.15, 0.2) is 11.5 Å². The first-order chi connectivity index (χ1) is 16.1. The molecule has 33 heavy (non-hydrogen) atoms. The number of carbonyl (C=O) groups excluding carboxylic acids is 1. The lowest BCUT2D eigenvalue weighted by Gasteiger charge is -2.08. The monoisotopic (exact) mass is 443 g/mol. The Bertz CT molecular complexity index is 1460. The van der Waals surface area contributed by atoms with Gasteiger partial charge in [0.05, 0.1) is 17.4 Å². The Hall–Kier alpha value is -4.33. The minimum atomic E-state index is -0.757. The number of nitrogens with one attached hydrogen (secondary N) is 1. The second-order valence-corrected chi connectivity index (χ2v) is 7.61. The van der Waals surface area contributed by atoms with Gasteiger partial charge in [-0.15, -0.1) is 0 Å². The molecule has 0 atom stereocenters. The van der Waals surface area contributed by atoms with Crippen molar-refractivity contribution in [3.8, 4) is 5.69 Å². The summed E-state index contributed by atoms with van der Waals surface area (Å²) in [6, 6.07) is 20.6. The third-order valence-corrected chi connectivity index (χ3v) is 5.30. The molecular weight excluding hydrogens is 424 g/mol. The molecule has 0 unspecified atom stereocenters. The van der Waals surface area contributed by atoms with Gasteiger partial charge in [-0.2, -0.15) is 5.10 Å². The summed E-state index contributed by atoms with van der Waals surface area (Å²) in [6.07, 6.45) is 3.28. The zero-order valence-corrected chi connectivity index (χ0v) is 17.5. The first-order valence-corrected chi connectivity index (χ1v) is 10.3. The Morgan fingerprint density at radius 2 is 1.79 bits per heavy atom. The number of imidazole rings is 1. The number of benzene rings is 3. The van der Waals surface area contributed by atoms with Gasteiger partial charge in [0.25, 0.3) is 5.91 Å². The van der Waals surface area contributed by atoms with E-state index in [9.17, 15) is 13.6 Å². The molecule has 1 amide bonds. The highest BCUT2D eigenvalue weighted by molar-refractivity contribution is 5.92. The number of hydrogen-bond acceptors (Lipinski definition) is 3. The maximum absolute atomic E-state index is 14.0. The summed E-state index contributed by atoms with van der Waals surface area (Å²) < 4.78 is 30.4. The molecule has 6 nitrogen and oxygen atoms in total. The molecule has 5 rings (SSSR count). The Morgan fingerprint density at radius 1 is 0.939 bits per heavy atom. The number of nitrogens with zero attached hydrogens (tertiary/aromatic N) is 4. The molecule has 0 saturated carbocycles. The number of aromatic nitrogens is 4. The van der Waals surface area contributed by atoms with Gasteiger partial charge in [0, 0.05) is 25.4 Å². The lowest BCUT2D eigenvalue weighted by molar-refractivity contribution is 0.0945. The molecule has 164 valence electrons. The van der Waals surface area contributed by atoms with Crippen molar-refractivity contribution in [3.05, 3.63) is 114 Å². The highest BCUT2D eigenvalue weighted by Gasteiger charge is 2.13. The summed E-state index contributed by atoms with van der Waals surface area (Å²) in [4.78, 5) is 17.0. The van der Waals surface area contributed by atoms with Gasteiger partial charge in [-0.1, -0.05) is 36.4 Å². The molecule has 8 heteroatoms. The zero-order chi connectivity index (χ0) is 22.8. The average Bonchev–Trinajstić information content (AvgIpc) is 3.46. The largest absolute Gasteiger partial charge is 0.347 e. The predicted octanol–water partition coefficient (Wildman–Crippen LogP) is 4.48. The number of para-hydroxylation sites is 2. The van der Waals surface area contributed by atoms with Crippen molar-refractivity contribution in [3.63, 3.8) is 0 Å². The van der Waals surface area contributed by atoms with E-state index in [1.165, 1.54) is 23.0 Å². The highest BCUT2D eigenvalue weighted by atomic mass is 19.1. The number of rotatable bonds is 6. The van der Waals surface area contributed by atoms with Crippen LogP contribution in [0.1, 0.15) is 21.6 Å². The average molecular weight is 443 g/mol. The normalized spacial score (nSPS) is 11.1. The summed E-state index contributed by atoms with van der Waals surface area (Å²) in [7, 11) is 0. The molecule has 0 aliphatic carbocycles.